The first-order valence-corrected chi connectivity index (χ1v) is 6.00. The first-order chi connectivity index (χ1) is 7.81. The molecule has 0 aliphatic carbocycles. The van der Waals surface area contributed by atoms with Gasteiger partial charge in [-0.2, -0.15) is 10.4 Å². The van der Waals surface area contributed by atoms with Crippen molar-refractivity contribution in [2.75, 3.05) is 0 Å². The van der Waals surface area contributed by atoms with Gasteiger partial charge in [0.2, 0.25) is 0 Å². The lowest BCUT2D eigenvalue weighted by molar-refractivity contribution is 0.532. The number of halogens is 1. The average molecular weight is 323 g/mol. The van der Waals surface area contributed by atoms with Gasteiger partial charge < -0.3 is 0 Å². The summed E-state index contributed by atoms with van der Waals surface area (Å²) in [6.45, 7) is 0. The molecule has 16 heavy (non-hydrogen) atoms. The monoisotopic (exact) mass is 323 g/mol. The van der Waals surface area contributed by atoms with Crippen molar-refractivity contribution >= 4 is 22.6 Å². The van der Waals surface area contributed by atoms with Crippen LogP contribution in [0, 0.1) is 14.9 Å². The lowest BCUT2D eigenvalue weighted by atomic mass is 10.1. The Morgan fingerprint density at radius 3 is 2.69 bits per heavy atom. The Labute approximate surface area is 108 Å². The fourth-order valence-corrected chi connectivity index (χ4v) is 2.02. The third kappa shape index (κ3) is 2.42. The van der Waals surface area contributed by atoms with Gasteiger partial charge in [-0.25, -0.2) is 0 Å². The van der Waals surface area contributed by atoms with Crippen molar-refractivity contribution in [1.29, 1.82) is 5.26 Å². The minimum absolute atomic E-state index is 0.00900. The highest BCUT2D eigenvalue weighted by Gasteiger charge is 2.13. The third-order valence-corrected chi connectivity index (χ3v) is 2.92. The Hall–Kier alpha value is -1.35. The molecule has 0 bridgehead atoms. The summed E-state index contributed by atoms with van der Waals surface area (Å²) in [6, 6.07) is 12.2. The molecular weight excluding hydrogens is 313 g/mol. The van der Waals surface area contributed by atoms with E-state index in [1.165, 1.54) is 0 Å². The molecule has 1 atom stereocenters. The first-order valence-electron chi connectivity index (χ1n) is 4.93. The molecule has 0 N–H and O–H groups in total. The maximum Gasteiger partial charge on any atom is 0.0898 e. The number of nitriles is 1. The Bertz CT molecular complexity index is 498. The van der Waals surface area contributed by atoms with Gasteiger partial charge >= 0.3 is 0 Å². The largest absolute Gasteiger partial charge is 0.263 e. The molecule has 1 heterocycles. The summed E-state index contributed by atoms with van der Waals surface area (Å²) in [5, 5.41) is 13.1. The number of rotatable bonds is 3. The molecule has 0 fully saturated rings. The average Bonchev–Trinajstić information content (AvgIpc) is 2.74. The quantitative estimate of drug-likeness (QED) is 0.815. The second-order valence-corrected chi connectivity index (χ2v) is 4.67. The molecule has 1 aromatic carbocycles. The van der Waals surface area contributed by atoms with E-state index < -0.39 is 0 Å². The molecule has 0 amide bonds. The van der Waals surface area contributed by atoms with Gasteiger partial charge in [0.1, 0.15) is 0 Å². The summed E-state index contributed by atoms with van der Waals surface area (Å²) in [7, 11) is 0. The molecule has 2 aromatic rings. The third-order valence-electron chi connectivity index (χ3n) is 2.36. The molecule has 3 nitrogen and oxygen atoms in total. The van der Waals surface area contributed by atoms with Crippen molar-refractivity contribution < 1.29 is 0 Å². The highest BCUT2D eigenvalue weighted by Crippen LogP contribution is 2.21. The summed E-state index contributed by atoms with van der Waals surface area (Å²) < 4.78 is 2.93. The van der Waals surface area contributed by atoms with Crippen molar-refractivity contribution in [2.45, 2.75) is 12.5 Å². The smallest absolute Gasteiger partial charge is 0.0898 e. The summed E-state index contributed by atoms with van der Waals surface area (Å²) in [5.74, 6) is 0. The molecule has 0 spiro atoms. The first kappa shape index (κ1) is 11.1. The van der Waals surface area contributed by atoms with Crippen LogP contribution in [-0.4, -0.2) is 9.78 Å². The van der Waals surface area contributed by atoms with Gasteiger partial charge in [0, 0.05) is 6.20 Å². The SMILES string of the molecule is N#CCC(c1ccccc1)n1cc(I)cn1. The van der Waals surface area contributed by atoms with Crippen molar-refractivity contribution in [3.63, 3.8) is 0 Å². The van der Waals surface area contributed by atoms with Crippen LogP contribution in [0.25, 0.3) is 0 Å². The van der Waals surface area contributed by atoms with Crippen molar-refractivity contribution in [2.24, 2.45) is 0 Å². The molecule has 0 radical (unpaired) electrons. The summed E-state index contributed by atoms with van der Waals surface area (Å²) in [4.78, 5) is 0. The van der Waals surface area contributed by atoms with Gasteiger partial charge in [0.25, 0.3) is 0 Å². The second-order valence-electron chi connectivity index (χ2n) is 3.43. The van der Waals surface area contributed by atoms with Crippen LogP contribution in [0.4, 0.5) is 0 Å². The van der Waals surface area contributed by atoms with Crippen LogP contribution >= 0.6 is 22.6 Å². The van der Waals surface area contributed by atoms with Crippen molar-refractivity contribution in [1.82, 2.24) is 9.78 Å². The van der Waals surface area contributed by atoms with Crippen molar-refractivity contribution in [3.05, 3.63) is 51.9 Å². The number of aromatic nitrogens is 2. The van der Waals surface area contributed by atoms with Crippen molar-refractivity contribution in [3.8, 4) is 6.07 Å². The molecular formula is C12H10IN3. The Morgan fingerprint density at radius 2 is 2.12 bits per heavy atom. The van der Waals surface area contributed by atoms with E-state index in [-0.39, 0.29) is 6.04 Å². The van der Waals surface area contributed by atoms with Gasteiger partial charge in [-0.05, 0) is 28.2 Å². The lowest BCUT2D eigenvalue weighted by Gasteiger charge is -2.14. The van der Waals surface area contributed by atoms with Gasteiger partial charge in [-0.1, -0.05) is 30.3 Å². The van der Waals surface area contributed by atoms with E-state index >= 15 is 0 Å². The zero-order chi connectivity index (χ0) is 11.4. The molecule has 80 valence electrons. The van der Waals surface area contributed by atoms with E-state index in [1.807, 2.05) is 41.2 Å². The van der Waals surface area contributed by atoms with Crippen LogP contribution in [0.2, 0.25) is 0 Å². The van der Waals surface area contributed by atoms with E-state index in [0.717, 1.165) is 9.13 Å². The topological polar surface area (TPSA) is 41.6 Å². The Balaban J connectivity index is 2.35. The molecule has 0 saturated heterocycles. The van der Waals surface area contributed by atoms with Crippen LogP contribution in [0.1, 0.15) is 18.0 Å². The molecule has 1 aromatic heterocycles. The van der Waals surface area contributed by atoms with Crippen LogP contribution in [0.3, 0.4) is 0 Å². The number of nitrogens with zero attached hydrogens (tertiary/aromatic N) is 3. The molecule has 4 heteroatoms. The van der Waals surface area contributed by atoms with Gasteiger partial charge in [0.15, 0.2) is 0 Å². The zero-order valence-corrected chi connectivity index (χ0v) is 10.7. The number of hydrogen-bond donors (Lipinski definition) is 0. The summed E-state index contributed by atoms with van der Waals surface area (Å²) >= 11 is 2.22. The van der Waals surface area contributed by atoms with Gasteiger partial charge in [-0.3, -0.25) is 4.68 Å². The van der Waals surface area contributed by atoms with E-state index in [1.54, 1.807) is 6.20 Å². The lowest BCUT2D eigenvalue weighted by Crippen LogP contribution is -2.10. The van der Waals surface area contributed by atoms with Gasteiger partial charge in [0.05, 0.1) is 28.3 Å². The number of benzene rings is 1. The minimum atomic E-state index is 0.00900. The predicted molar refractivity (Wildman–Crippen MR) is 69.8 cm³/mol. The van der Waals surface area contributed by atoms with Crippen LogP contribution in [0.15, 0.2) is 42.7 Å². The fourth-order valence-electron chi connectivity index (χ4n) is 1.61. The molecule has 0 saturated carbocycles. The van der Waals surface area contributed by atoms with Gasteiger partial charge in [-0.15, -0.1) is 0 Å². The van der Waals surface area contributed by atoms with E-state index in [0.29, 0.717) is 6.42 Å². The normalized spacial score (nSPS) is 12.0. The highest BCUT2D eigenvalue weighted by molar-refractivity contribution is 14.1. The Morgan fingerprint density at radius 1 is 1.38 bits per heavy atom. The maximum atomic E-state index is 8.87. The summed E-state index contributed by atoms with van der Waals surface area (Å²) in [5.41, 5.74) is 1.11. The maximum absolute atomic E-state index is 8.87. The molecule has 0 aliphatic rings. The second kappa shape index (κ2) is 5.12. The zero-order valence-electron chi connectivity index (χ0n) is 8.55. The van der Waals surface area contributed by atoms with Crippen LogP contribution in [0.5, 0.6) is 0 Å². The van der Waals surface area contributed by atoms with Crippen LogP contribution in [-0.2, 0) is 0 Å². The number of hydrogen-bond acceptors (Lipinski definition) is 2. The summed E-state index contributed by atoms with van der Waals surface area (Å²) in [6.07, 6.45) is 4.19. The molecule has 0 aliphatic heterocycles. The van der Waals surface area contributed by atoms with E-state index in [2.05, 4.69) is 33.8 Å². The molecule has 2 rings (SSSR count). The van der Waals surface area contributed by atoms with E-state index in [9.17, 15) is 0 Å². The predicted octanol–water partition coefficient (Wildman–Crippen LogP) is 2.99. The standard InChI is InChI=1S/C12H10IN3/c13-11-8-15-16(9-11)12(6-7-14)10-4-2-1-3-5-10/h1-5,8-9,12H,6H2. The molecule has 1 unspecified atom stereocenters. The fraction of sp³-hybridized carbons (Fsp3) is 0.167. The van der Waals surface area contributed by atoms with Crippen LogP contribution < -0.4 is 0 Å². The highest BCUT2D eigenvalue weighted by atomic mass is 127. The minimum Gasteiger partial charge on any atom is -0.263 e. The Kier molecular flexibility index (Phi) is 3.57. The van der Waals surface area contributed by atoms with E-state index in [4.69, 9.17) is 5.26 Å².